The third-order valence-corrected chi connectivity index (χ3v) is 3.16. The van der Waals surface area contributed by atoms with E-state index in [4.69, 9.17) is 11.5 Å². The molecule has 0 spiro atoms. The molecule has 0 saturated heterocycles. The Morgan fingerprint density at radius 1 is 1.33 bits per heavy atom. The second-order valence-electron chi connectivity index (χ2n) is 4.13. The molecule has 3 atom stereocenters. The molecule has 1 aliphatic carbocycles. The van der Waals surface area contributed by atoms with Crippen molar-refractivity contribution in [2.75, 3.05) is 6.54 Å². The van der Waals surface area contributed by atoms with Crippen molar-refractivity contribution in [2.24, 2.45) is 23.3 Å². The van der Waals surface area contributed by atoms with Crippen LogP contribution in [0.5, 0.6) is 0 Å². The lowest BCUT2D eigenvalue weighted by atomic mass is 9.77. The highest BCUT2D eigenvalue weighted by Crippen LogP contribution is 2.30. The molecular formula is C10H22N2. The van der Waals surface area contributed by atoms with Crippen molar-refractivity contribution in [3.63, 3.8) is 0 Å². The minimum Gasteiger partial charge on any atom is -0.330 e. The van der Waals surface area contributed by atoms with Crippen LogP contribution in [-0.2, 0) is 0 Å². The second kappa shape index (κ2) is 4.83. The van der Waals surface area contributed by atoms with E-state index >= 15 is 0 Å². The first-order valence-corrected chi connectivity index (χ1v) is 5.23. The summed E-state index contributed by atoms with van der Waals surface area (Å²) in [4.78, 5) is 0. The standard InChI is InChI=1S/C10H22N2/c1-2-3-8-4-5-9(7-11)10(12)6-8/h8-10H,2-7,11-12H2,1H3. The number of hydrogen-bond acceptors (Lipinski definition) is 2. The topological polar surface area (TPSA) is 52.0 Å². The van der Waals surface area contributed by atoms with Gasteiger partial charge in [-0.1, -0.05) is 26.2 Å². The highest BCUT2D eigenvalue weighted by atomic mass is 14.7. The zero-order chi connectivity index (χ0) is 8.97. The normalized spacial score (nSPS) is 36.8. The van der Waals surface area contributed by atoms with Crippen molar-refractivity contribution in [3.8, 4) is 0 Å². The summed E-state index contributed by atoms with van der Waals surface area (Å²) >= 11 is 0. The third kappa shape index (κ3) is 2.46. The molecule has 0 amide bonds. The summed E-state index contributed by atoms with van der Waals surface area (Å²) < 4.78 is 0. The summed E-state index contributed by atoms with van der Waals surface area (Å²) in [6, 6.07) is 0.375. The first-order chi connectivity index (χ1) is 5.77. The van der Waals surface area contributed by atoms with Crippen LogP contribution in [0.25, 0.3) is 0 Å². The van der Waals surface area contributed by atoms with Gasteiger partial charge in [0.1, 0.15) is 0 Å². The summed E-state index contributed by atoms with van der Waals surface area (Å²) in [6.07, 6.45) is 6.46. The Morgan fingerprint density at radius 2 is 2.08 bits per heavy atom. The average Bonchev–Trinajstić information content (AvgIpc) is 2.05. The Labute approximate surface area is 75.7 Å². The van der Waals surface area contributed by atoms with Crippen LogP contribution < -0.4 is 11.5 Å². The maximum Gasteiger partial charge on any atom is 0.00818 e. The van der Waals surface area contributed by atoms with Crippen molar-refractivity contribution in [2.45, 2.75) is 45.1 Å². The molecule has 2 nitrogen and oxygen atoms in total. The van der Waals surface area contributed by atoms with Crippen LogP contribution in [0.4, 0.5) is 0 Å². The Balaban J connectivity index is 2.30. The van der Waals surface area contributed by atoms with Gasteiger partial charge in [-0.3, -0.25) is 0 Å². The van der Waals surface area contributed by atoms with Crippen molar-refractivity contribution in [1.82, 2.24) is 0 Å². The van der Waals surface area contributed by atoms with E-state index in [1.54, 1.807) is 0 Å². The summed E-state index contributed by atoms with van der Waals surface area (Å²) in [7, 11) is 0. The smallest absolute Gasteiger partial charge is 0.00818 e. The van der Waals surface area contributed by atoms with Gasteiger partial charge in [0, 0.05) is 6.04 Å². The van der Waals surface area contributed by atoms with Gasteiger partial charge in [-0.2, -0.15) is 0 Å². The maximum atomic E-state index is 6.03. The second-order valence-corrected chi connectivity index (χ2v) is 4.13. The van der Waals surface area contributed by atoms with Gasteiger partial charge in [-0.05, 0) is 31.2 Å². The van der Waals surface area contributed by atoms with Crippen LogP contribution >= 0.6 is 0 Å². The molecule has 1 fully saturated rings. The van der Waals surface area contributed by atoms with Gasteiger partial charge in [-0.15, -0.1) is 0 Å². The monoisotopic (exact) mass is 170 g/mol. The number of rotatable bonds is 3. The lowest BCUT2D eigenvalue weighted by molar-refractivity contribution is 0.232. The van der Waals surface area contributed by atoms with Crippen molar-refractivity contribution in [1.29, 1.82) is 0 Å². The van der Waals surface area contributed by atoms with Gasteiger partial charge < -0.3 is 11.5 Å². The Kier molecular flexibility index (Phi) is 4.02. The van der Waals surface area contributed by atoms with Crippen LogP contribution in [-0.4, -0.2) is 12.6 Å². The zero-order valence-electron chi connectivity index (χ0n) is 8.13. The van der Waals surface area contributed by atoms with Gasteiger partial charge in [0.05, 0.1) is 0 Å². The molecule has 12 heavy (non-hydrogen) atoms. The molecule has 0 heterocycles. The largest absolute Gasteiger partial charge is 0.330 e. The molecule has 1 aliphatic rings. The summed E-state index contributed by atoms with van der Waals surface area (Å²) in [5.74, 6) is 1.48. The van der Waals surface area contributed by atoms with E-state index in [-0.39, 0.29) is 0 Å². The summed E-state index contributed by atoms with van der Waals surface area (Å²) in [6.45, 7) is 3.03. The minimum absolute atomic E-state index is 0.375. The van der Waals surface area contributed by atoms with Crippen LogP contribution in [0, 0.1) is 11.8 Å². The molecule has 4 N–H and O–H groups in total. The minimum atomic E-state index is 0.375. The molecular weight excluding hydrogens is 148 g/mol. The molecule has 0 bridgehead atoms. The Morgan fingerprint density at radius 3 is 2.58 bits per heavy atom. The van der Waals surface area contributed by atoms with E-state index in [9.17, 15) is 0 Å². The molecule has 0 aromatic heterocycles. The summed E-state index contributed by atoms with van der Waals surface area (Å²) in [5.41, 5.74) is 11.7. The van der Waals surface area contributed by atoms with Gasteiger partial charge in [0.15, 0.2) is 0 Å². The molecule has 0 radical (unpaired) electrons. The first kappa shape index (κ1) is 10.0. The van der Waals surface area contributed by atoms with Crippen molar-refractivity contribution in [3.05, 3.63) is 0 Å². The van der Waals surface area contributed by atoms with Crippen LogP contribution in [0.2, 0.25) is 0 Å². The third-order valence-electron chi connectivity index (χ3n) is 3.16. The average molecular weight is 170 g/mol. The van der Waals surface area contributed by atoms with E-state index in [1.807, 2.05) is 0 Å². The quantitative estimate of drug-likeness (QED) is 0.674. The van der Waals surface area contributed by atoms with Crippen LogP contribution in [0.1, 0.15) is 39.0 Å². The molecule has 0 aliphatic heterocycles. The van der Waals surface area contributed by atoms with Crippen molar-refractivity contribution >= 4 is 0 Å². The lowest BCUT2D eigenvalue weighted by Gasteiger charge is -2.33. The van der Waals surface area contributed by atoms with E-state index in [2.05, 4.69) is 6.92 Å². The Bertz CT molecular complexity index is 125. The Hall–Kier alpha value is -0.0800. The zero-order valence-corrected chi connectivity index (χ0v) is 8.13. The van der Waals surface area contributed by atoms with Gasteiger partial charge >= 0.3 is 0 Å². The number of nitrogens with two attached hydrogens (primary N) is 2. The molecule has 72 valence electrons. The SMILES string of the molecule is CCCC1CCC(CN)C(N)C1. The van der Waals surface area contributed by atoms with Crippen LogP contribution in [0.15, 0.2) is 0 Å². The van der Waals surface area contributed by atoms with E-state index < -0.39 is 0 Å². The van der Waals surface area contributed by atoms with Gasteiger partial charge in [0.2, 0.25) is 0 Å². The predicted octanol–water partition coefficient (Wildman–Crippen LogP) is 1.49. The van der Waals surface area contributed by atoms with E-state index in [1.165, 1.54) is 32.1 Å². The maximum absolute atomic E-state index is 6.03. The molecule has 1 saturated carbocycles. The lowest BCUT2D eigenvalue weighted by Crippen LogP contribution is -2.40. The van der Waals surface area contributed by atoms with Gasteiger partial charge in [0.25, 0.3) is 0 Å². The molecule has 0 aromatic carbocycles. The fraction of sp³-hybridized carbons (Fsp3) is 1.00. The van der Waals surface area contributed by atoms with E-state index in [0.717, 1.165) is 12.5 Å². The van der Waals surface area contributed by atoms with Crippen molar-refractivity contribution < 1.29 is 0 Å². The highest BCUT2D eigenvalue weighted by molar-refractivity contribution is 4.82. The molecule has 1 rings (SSSR count). The fourth-order valence-corrected chi connectivity index (χ4v) is 2.32. The number of hydrogen-bond donors (Lipinski definition) is 2. The fourth-order valence-electron chi connectivity index (χ4n) is 2.32. The predicted molar refractivity (Wildman–Crippen MR) is 52.8 cm³/mol. The molecule has 3 unspecified atom stereocenters. The first-order valence-electron chi connectivity index (χ1n) is 5.23. The molecule has 0 aromatic rings. The van der Waals surface area contributed by atoms with E-state index in [0.29, 0.717) is 12.0 Å². The van der Waals surface area contributed by atoms with Crippen LogP contribution in [0.3, 0.4) is 0 Å². The summed E-state index contributed by atoms with van der Waals surface area (Å²) in [5, 5.41) is 0. The highest BCUT2D eigenvalue weighted by Gasteiger charge is 2.26. The van der Waals surface area contributed by atoms with Gasteiger partial charge in [-0.25, -0.2) is 0 Å². The molecule has 2 heteroatoms.